The predicted octanol–water partition coefficient (Wildman–Crippen LogP) is 2.43. The molecule has 0 saturated heterocycles. The van der Waals surface area contributed by atoms with Gasteiger partial charge in [-0.05, 0) is 45.3 Å². The predicted molar refractivity (Wildman–Crippen MR) is 91.8 cm³/mol. The van der Waals surface area contributed by atoms with Crippen LogP contribution in [-0.2, 0) is 0 Å². The van der Waals surface area contributed by atoms with Crippen LogP contribution in [-0.4, -0.2) is 43.6 Å². The smallest absolute Gasteiger partial charge is 0.188 e. The summed E-state index contributed by atoms with van der Waals surface area (Å²) in [6.07, 6.45) is 4.63. The second-order valence-corrected chi connectivity index (χ2v) is 4.39. The van der Waals surface area contributed by atoms with Crippen LogP contribution in [0, 0.1) is 0 Å². The van der Waals surface area contributed by atoms with E-state index in [1.807, 2.05) is 0 Å². The van der Waals surface area contributed by atoms with E-state index < -0.39 is 0 Å². The first-order chi connectivity index (χ1) is 8.24. The first-order valence-corrected chi connectivity index (χ1v) is 7.00. The van der Waals surface area contributed by atoms with Gasteiger partial charge in [0.25, 0.3) is 0 Å². The summed E-state index contributed by atoms with van der Waals surface area (Å²) in [5, 5.41) is 3.16. The fraction of sp³-hybridized carbons (Fsp3) is 0.923. The first kappa shape index (κ1) is 20.3. The molecule has 0 aliphatic carbocycles. The van der Waals surface area contributed by atoms with Crippen molar-refractivity contribution in [2.75, 3.05) is 32.7 Å². The van der Waals surface area contributed by atoms with Gasteiger partial charge in [0.2, 0.25) is 0 Å². The highest BCUT2D eigenvalue weighted by atomic mass is 127. The largest absolute Gasteiger partial charge is 0.370 e. The van der Waals surface area contributed by atoms with Crippen LogP contribution in [0.3, 0.4) is 0 Å². The number of rotatable bonds is 10. The van der Waals surface area contributed by atoms with E-state index in [0.717, 1.165) is 32.5 Å². The molecule has 0 fully saturated rings. The lowest BCUT2D eigenvalue weighted by atomic mass is 10.3. The Labute approximate surface area is 130 Å². The zero-order valence-electron chi connectivity index (χ0n) is 12.2. The van der Waals surface area contributed by atoms with Crippen molar-refractivity contribution < 1.29 is 0 Å². The molecule has 0 amide bonds. The summed E-state index contributed by atoms with van der Waals surface area (Å²) in [5.41, 5.74) is 5.72. The van der Waals surface area contributed by atoms with E-state index in [1.165, 1.54) is 25.9 Å². The Morgan fingerprint density at radius 3 is 2.17 bits per heavy atom. The molecular formula is C13H31IN4. The molecule has 18 heavy (non-hydrogen) atoms. The van der Waals surface area contributed by atoms with Crippen molar-refractivity contribution in [2.45, 2.75) is 46.5 Å². The van der Waals surface area contributed by atoms with Gasteiger partial charge in [0.05, 0.1) is 0 Å². The Hall–Kier alpha value is -0.0400. The van der Waals surface area contributed by atoms with Crippen molar-refractivity contribution in [1.29, 1.82) is 0 Å². The lowest BCUT2D eigenvalue weighted by molar-refractivity contribution is 0.272. The zero-order valence-corrected chi connectivity index (χ0v) is 14.6. The van der Waals surface area contributed by atoms with Gasteiger partial charge in [-0.25, -0.2) is 0 Å². The van der Waals surface area contributed by atoms with Crippen LogP contribution in [0.15, 0.2) is 4.99 Å². The number of aliphatic imine (C=N–C) groups is 1. The molecule has 110 valence electrons. The van der Waals surface area contributed by atoms with Crippen molar-refractivity contribution in [3.63, 3.8) is 0 Å². The Bertz CT molecular complexity index is 191. The fourth-order valence-electron chi connectivity index (χ4n) is 1.78. The monoisotopic (exact) mass is 370 g/mol. The van der Waals surface area contributed by atoms with Crippen LogP contribution < -0.4 is 11.1 Å². The number of nitrogens with two attached hydrogens (primary N) is 1. The van der Waals surface area contributed by atoms with E-state index in [9.17, 15) is 0 Å². The fourth-order valence-corrected chi connectivity index (χ4v) is 1.78. The molecule has 0 aromatic heterocycles. The molecule has 0 heterocycles. The minimum atomic E-state index is 0. The van der Waals surface area contributed by atoms with Crippen LogP contribution in [0.2, 0.25) is 0 Å². The molecule has 5 heteroatoms. The van der Waals surface area contributed by atoms with E-state index in [4.69, 9.17) is 5.73 Å². The lowest BCUT2D eigenvalue weighted by Gasteiger charge is -2.20. The van der Waals surface area contributed by atoms with Gasteiger partial charge in [-0.2, -0.15) is 0 Å². The quantitative estimate of drug-likeness (QED) is 0.269. The maximum absolute atomic E-state index is 5.72. The number of guanidine groups is 1. The van der Waals surface area contributed by atoms with Gasteiger partial charge in [-0.3, -0.25) is 4.99 Å². The molecule has 0 rings (SSSR count). The Morgan fingerprint density at radius 2 is 1.67 bits per heavy atom. The third kappa shape index (κ3) is 12.4. The molecule has 4 nitrogen and oxygen atoms in total. The molecule has 0 saturated carbocycles. The maximum Gasteiger partial charge on any atom is 0.188 e. The Balaban J connectivity index is 0. The second kappa shape index (κ2) is 15.0. The summed E-state index contributed by atoms with van der Waals surface area (Å²) in [5.74, 6) is 0.587. The molecule has 0 unspecified atom stereocenters. The van der Waals surface area contributed by atoms with Crippen molar-refractivity contribution in [2.24, 2.45) is 10.7 Å². The van der Waals surface area contributed by atoms with Gasteiger partial charge in [0, 0.05) is 13.1 Å². The number of hydrogen-bond donors (Lipinski definition) is 2. The lowest BCUT2D eigenvalue weighted by Crippen LogP contribution is -2.35. The zero-order chi connectivity index (χ0) is 12.9. The third-order valence-corrected chi connectivity index (χ3v) is 2.54. The van der Waals surface area contributed by atoms with Crippen molar-refractivity contribution in [3.8, 4) is 0 Å². The highest BCUT2D eigenvalue weighted by Gasteiger charge is 2.01. The van der Waals surface area contributed by atoms with Gasteiger partial charge in [0.15, 0.2) is 5.96 Å². The summed E-state index contributed by atoms with van der Waals surface area (Å²) >= 11 is 0. The van der Waals surface area contributed by atoms with E-state index >= 15 is 0 Å². The molecule has 0 aliphatic rings. The SMILES string of the molecule is CCCN=C(N)NCCCN(CCC)CCC.I. The standard InChI is InChI=1S/C13H30N4.HI/c1-4-8-15-13(14)16-9-7-12-17(10-5-2)11-6-3;/h4-12H2,1-3H3,(H3,14,15,16);1H. The normalized spacial score (nSPS) is 11.4. The van der Waals surface area contributed by atoms with E-state index in [0.29, 0.717) is 5.96 Å². The van der Waals surface area contributed by atoms with Gasteiger partial charge in [0.1, 0.15) is 0 Å². The van der Waals surface area contributed by atoms with Crippen molar-refractivity contribution in [3.05, 3.63) is 0 Å². The molecule has 0 aromatic rings. The van der Waals surface area contributed by atoms with Gasteiger partial charge in [-0.1, -0.05) is 20.8 Å². The van der Waals surface area contributed by atoms with E-state index in [2.05, 4.69) is 36.0 Å². The molecule has 0 aliphatic heterocycles. The van der Waals surface area contributed by atoms with E-state index in [-0.39, 0.29) is 24.0 Å². The summed E-state index contributed by atoms with van der Waals surface area (Å²) in [4.78, 5) is 6.72. The number of halogens is 1. The number of nitrogens with one attached hydrogen (secondary N) is 1. The highest BCUT2D eigenvalue weighted by molar-refractivity contribution is 14.0. The van der Waals surface area contributed by atoms with Gasteiger partial charge < -0.3 is 16.0 Å². The molecule has 0 bridgehead atoms. The second-order valence-electron chi connectivity index (χ2n) is 4.39. The number of nitrogens with zero attached hydrogens (tertiary/aromatic N) is 2. The molecule has 0 aromatic carbocycles. The summed E-state index contributed by atoms with van der Waals surface area (Å²) in [6.45, 7) is 11.9. The van der Waals surface area contributed by atoms with E-state index in [1.54, 1.807) is 0 Å². The molecule has 0 spiro atoms. The third-order valence-electron chi connectivity index (χ3n) is 2.54. The number of hydrogen-bond acceptors (Lipinski definition) is 2. The Morgan fingerprint density at radius 1 is 1.06 bits per heavy atom. The highest BCUT2D eigenvalue weighted by Crippen LogP contribution is 1.95. The summed E-state index contributed by atoms with van der Waals surface area (Å²) in [6, 6.07) is 0. The average Bonchev–Trinajstić information content (AvgIpc) is 2.32. The first-order valence-electron chi connectivity index (χ1n) is 7.00. The molecular weight excluding hydrogens is 339 g/mol. The van der Waals surface area contributed by atoms with Gasteiger partial charge >= 0.3 is 0 Å². The van der Waals surface area contributed by atoms with Crippen LogP contribution in [0.5, 0.6) is 0 Å². The van der Waals surface area contributed by atoms with Crippen molar-refractivity contribution >= 4 is 29.9 Å². The minimum absolute atomic E-state index is 0. The summed E-state index contributed by atoms with van der Waals surface area (Å²) < 4.78 is 0. The van der Waals surface area contributed by atoms with Crippen molar-refractivity contribution in [1.82, 2.24) is 10.2 Å². The maximum atomic E-state index is 5.72. The molecule has 3 N–H and O–H groups in total. The minimum Gasteiger partial charge on any atom is -0.370 e. The van der Waals surface area contributed by atoms with Crippen LogP contribution in [0.4, 0.5) is 0 Å². The molecule has 0 atom stereocenters. The van der Waals surface area contributed by atoms with Crippen LogP contribution >= 0.6 is 24.0 Å². The van der Waals surface area contributed by atoms with Gasteiger partial charge in [-0.15, -0.1) is 24.0 Å². The Kier molecular flexibility index (Phi) is 16.9. The molecule has 0 radical (unpaired) electrons. The average molecular weight is 370 g/mol. The van der Waals surface area contributed by atoms with Crippen LogP contribution in [0.1, 0.15) is 46.5 Å². The summed E-state index contributed by atoms with van der Waals surface area (Å²) in [7, 11) is 0. The topological polar surface area (TPSA) is 53.6 Å². The van der Waals surface area contributed by atoms with Crippen LogP contribution in [0.25, 0.3) is 0 Å².